The fourth-order valence-corrected chi connectivity index (χ4v) is 2.87. The summed E-state index contributed by atoms with van der Waals surface area (Å²) < 4.78 is 12.1. The van der Waals surface area contributed by atoms with Gasteiger partial charge in [-0.25, -0.2) is 0 Å². The minimum Gasteiger partial charge on any atom is -0.453 e. The van der Waals surface area contributed by atoms with E-state index in [1.54, 1.807) is 48.5 Å². The number of hydrogen-bond donors (Lipinski definition) is 0. The van der Waals surface area contributed by atoms with E-state index in [1.807, 2.05) is 36.4 Å². The average molecular weight is 362 g/mol. The van der Waals surface area contributed by atoms with Gasteiger partial charge in [-0.1, -0.05) is 36.4 Å². The molecule has 0 N–H and O–H groups in total. The van der Waals surface area contributed by atoms with Crippen LogP contribution in [-0.4, -0.2) is 0 Å². The van der Waals surface area contributed by atoms with Gasteiger partial charge in [-0.05, 0) is 59.3 Å². The minimum atomic E-state index is 0.516. The Morgan fingerprint density at radius 2 is 1.00 bits per heavy atom. The van der Waals surface area contributed by atoms with Crippen LogP contribution in [0.2, 0.25) is 0 Å². The van der Waals surface area contributed by atoms with Crippen LogP contribution < -0.4 is 9.47 Å². The molecule has 4 rings (SSSR count). The molecule has 0 saturated carbocycles. The summed E-state index contributed by atoms with van der Waals surface area (Å²) in [6, 6.07) is 29.8. The third-order valence-electron chi connectivity index (χ3n) is 4.19. The Labute approximate surface area is 162 Å². The summed E-state index contributed by atoms with van der Waals surface area (Å²) >= 11 is 0. The Kier molecular flexibility index (Phi) is 4.61. The molecule has 0 unspecified atom stereocenters. The molecule has 0 aliphatic heterocycles. The third kappa shape index (κ3) is 3.62. The number of nitriles is 2. The second-order valence-electron chi connectivity index (χ2n) is 6.13. The van der Waals surface area contributed by atoms with E-state index in [0.29, 0.717) is 34.1 Å². The van der Waals surface area contributed by atoms with Crippen LogP contribution >= 0.6 is 0 Å². The van der Waals surface area contributed by atoms with Gasteiger partial charge in [0.05, 0.1) is 23.3 Å². The van der Waals surface area contributed by atoms with Crippen molar-refractivity contribution in [2.75, 3.05) is 0 Å². The molecule has 4 nitrogen and oxygen atoms in total. The van der Waals surface area contributed by atoms with Gasteiger partial charge in [0.25, 0.3) is 0 Å². The average Bonchev–Trinajstić information content (AvgIpc) is 2.74. The Balaban J connectivity index is 1.77. The molecule has 0 aliphatic carbocycles. The van der Waals surface area contributed by atoms with Crippen LogP contribution in [0, 0.1) is 22.7 Å². The highest BCUT2D eigenvalue weighted by Gasteiger charge is 2.11. The lowest BCUT2D eigenvalue weighted by atomic mass is 10.1. The maximum atomic E-state index is 9.11. The van der Waals surface area contributed by atoms with Crippen LogP contribution in [0.5, 0.6) is 23.0 Å². The Morgan fingerprint density at radius 1 is 0.536 bits per heavy atom. The number of benzene rings is 4. The number of rotatable bonds is 4. The first kappa shape index (κ1) is 17.1. The first-order chi connectivity index (χ1) is 13.7. The molecule has 0 bridgehead atoms. The fraction of sp³-hybridized carbons (Fsp3) is 0. The van der Waals surface area contributed by atoms with Crippen LogP contribution in [0.1, 0.15) is 11.1 Å². The van der Waals surface area contributed by atoms with Crippen molar-refractivity contribution in [2.45, 2.75) is 0 Å². The Hall–Kier alpha value is -4.28. The number of nitrogens with zero attached hydrogens (tertiary/aromatic N) is 2. The highest BCUT2D eigenvalue weighted by Crippen LogP contribution is 2.38. The van der Waals surface area contributed by atoms with E-state index in [0.717, 1.165) is 10.8 Å². The molecule has 0 aliphatic rings. The lowest BCUT2D eigenvalue weighted by molar-refractivity contribution is 0.419. The van der Waals surface area contributed by atoms with Crippen LogP contribution in [0.4, 0.5) is 0 Å². The van der Waals surface area contributed by atoms with Gasteiger partial charge >= 0.3 is 0 Å². The Morgan fingerprint density at radius 3 is 1.43 bits per heavy atom. The molecular formula is C24H14N2O2. The van der Waals surface area contributed by atoms with Crippen LogP contribution in [0.15, 0.2) is 84.9 Å². The van der Waals surface area contributed by atoms with E-state index in [4.69, 9.17) is 20.0 Å². The van der Waals surface area contributed by atoms with Gasteiger partial charge in [-0.2, -0.15) is 10.5 Å². The van der Waals surface area contributed by atoms with Crippen LogP contribution in [-0.2, 0) is 0 Å². The van der Waals surface area contributed by atoms with Gasteiger partial charge in [0.2, 0.25) is 0 Å². The van der Waals surface area contributed by atoms with E-state index in [9.17, 15) is 0 Å². The van der Waals surface area contributed by atoms with Gasteiger partial charge in [0.1, 0.15) is 11.5 Å². The summed E-state index contributed by atoms with van der Waals surface area (Å²) in [6.07, 6.45) is 0. The minimum absolute atomic E-state index is 0.516. The van der Waals surface area contributed by atoms with E-state index in [2.05, 4.69) is 12.1 Å². The molecule has 4 aromatic carbocycles. The predicted molar refractivity (Wildman–Crippen MR) is 106 cm³/mol. The van der Waals surface area contributed by atoms with Crippen LogP contribution in [0.3, 0.4) is 0 Å². The molecule has 4 aromatic rings. The second-order valence-corrected chi connectivity index (χ2v) is 6.13. The topological polar surface area (TPSA) is 66.0 Å². The molecular weight excluding hydrogens is 348 g/mol. The quantitative estimate of drug-likeness (QED) is 0.435. The van der Waals surface area contributed by atoms with E-state index >= 15 is 0 Å². The number of hydrogen-bond acceptors (Lipinski definition) is 4. The van der Waals surface area contributed by atoms with Gasteiger partial charge in [-0.3, -0.25) is 0 Å². The first-order valence-corrected chi connectivity index (χ1v) is 8.64. The molecule has 0 spiro atoms. The Bertz CT molecular complexity index is 1150. The van der Waals surface area contributed by atoms with Crippen molar-refractivity contribution in [2.24, 2.45) is 0 Å². The highest BCUT2D eigenvalue weighted by molar-refractivity contribution is 5.86. The largest absolute Gasteiger partial charge is 0.453 e. The van der Waals surface area contributed by atoms with Gasteiger partial charge in [-0.15, -0.1) is 0 Å². The number of fused-ring (bicyclic) bond motifs is 1. The summed E-state index contributed by atoms with van der Waals surface area (Å²) in [5.41, 5.74) is 1.03. The van der Waals surface area contributed by atoms with E-state index in [-0.39, 0.29) is 0 Å². The lowest BCUT2D eigenvalue weighted by Gasteiger charge is -2.14. The van der Waals surface area contributed by atoms with E-state index in [1.165, 1.54) is 0 Å². The highest BCUT2D eigenvalue weighted by atomic mass is 16.5. The molecule has 0 amide bonds. The molecule has 0 heterocycles. The molecule has 28 heavy (non-hydrogen) atoms. The zero-order valence-corrected chi connectivity index (χ0v) is 14.8. The summed E-state index contributed by atoms with van der Waals surface area (Å²) in [5, 5.41) is 20.2. The zero-order valence-electron chi connectivity index (χ0n) is 14.8. The molecule has 0 fully saturated rings. The van der Waals surface area contributed by atoms with Crippen molar-refractivity contribution in [3.63, 3.8) is 0 Å². The lowest BCUT2D eigenvalue weighted by Crippen LogP contribution is -1.92. The second kappa shape index (κ2) is 7.53. The molecule has 0 radical (unpaired) electrons. The summed E-state index contributed by atoms with van der Waals surface area (Å²) in [7, 11) is 0. The standard InChI is InChI=1S/C24H14N2O2/c25-15-17-5-3-9-21(11-17)27-23-13-19-7-1-2-8-20(19)14-24(23)28-22-10-4-6-18(12-22)16-26/h1-14H. The summed E-state index contributed by atoms with van der Waals surface area (Å²) in [4.78, 5) is 0. The van der Waals surface area contributed by atoms with Crippen molar-refractivity contribution in [1.29, 1.82) is 10.5 Å². The number of ether oxygens (including phenoxy) is 2. The molecule has 132 valence electrons. The van der Waals surface area contributed by atoms with Crippen molar-refractivity contribution in [3.8, 4) is 35.1 Å². The fourth-order valence-electron chi connectivity index (χ4n) is 2.87. The summed E-state index contributed by atoms with van der Waals surface area (Å²) in [6.45, 7) is 0. The monoisotopic (exact) mass is 362 g/mol. The van der Waals surface area contributed by atoms with Crippen LogP contribution in [0.25, 0.3) is 10.8 Å². The third-order valence-corrected chi connectivity index (χ3v) is 4.19. The van der Waals surface area contributed by atoms with Crippen molar-refractivity contribution >= 4 is 10.8 Å². The van der Waals surface area contributed by atoms with Crippen molar-refractivity contribution < 1.29 is 9.47 Å². The van der Waals surface area contributed by atoms with Crippen molar-refractivity contribution in [3.05, 3.63) is 96.1 Å². The van der Waals surface area contributed by atoms with Gasteiger partial charge in [0.15, 0.2) is 11.5 Å². The normalized spacial score (nSPS) is 10.1. The maximum absolute atomic E-state index is 9.11. The molecule has 0 saturated heterocycles. The molecule has 4 heteroatoms. The van der Waals surface area contributed by atoms with E-state index < -0.39 is 0 Å². The summed E-state index contributed by atoms with van der Waals surface area (Å²) in [5.74, 6) is 2.14. The smallest absolute Gasteiger partial charge is 0.170 e. The first-order valence-electron chi connectivity index (χ1n) is 8.64. The maximum Gasteiger partial charge on any atom is 0.170 e. The van der Waals surface area contributed by atoms with Gasteiger partial charge < -0.3 is 9.47 Å². The molecule has 0 aromatic heterocycles. The SMILES string of the molecule is N#Cc1cccc(Oc2cc3ccccc3cc2Oc2cccc(C#N)c2)c1. The zero-order chi connectivity index (χ0) is 19.3. The van der Waals surface area contributed by atoms with Gasteiger partial charge in [0, 0.05) is 0 Å². The molecule has 0 atom stereocenters. The van der Waals surface area contributed by atoms with Crippen molar-refractivity contribution in [1.82, 2.24) is 0 Å². The predicted octanol–water partition coefficient (Wildman–Crippen LogP) is 6.17.